The van der Waals surface area contributed by atoms with Crippen molar-refractivity contribution in [2.75, 3.05) is 10.6 Å². The Bertz CT molecular complexity index is 882. The van der Waals surface area contributed by atoms with E-state index < -0.39 is 5.97 Å². The highest BCUT2D eigenvalue weighted by atomic mass is 16.4. The van der Waals surface area contributed by atoms with Crippen LogP contribution in [0.5, 0.6) is 0 Å². The molecule has 0 saturated carbocycles. The first kappa shape index (κ1) is 16.4. The molecule has 0 aliphatic heterocycles. The smallest absolute Gasteiger partial charge is 0.337 e. The molecular weight excluding hydrogens is 316 g/mol. The van der Waals surface area contributed by atoms with Crippen molar-refractivity contribution in [3.05, 3.63) is 77.6 Å². The van der Waals surface area contributed by atoms with E-state index in [-0.39, 0.29) is 5.56 Å². The molecule has 0 amide bonds. The van der Waals surface area contributed by atoms with Gasteiger partial charge in [-0.05, 0) is 24.6 Å². The molecule has 6 heteroatoms. The van der Waals surface area contributed by atoms with Gasteiger partial charge in [-0.2, -0.15) is 0 Å². The molecule has 0 fully saturated rings. The van der Waals surface area contributed by atoms with Crippen LogP contribution in [0.4, 0.5) is 17.3 Å². The SMILES string of the molecule is Cc1nc(NCc2ccccc2)cc(Nc2ccccc2C(=O)O)n1. The minimum Gasteiger partial charge on any atom is -0.478 e. The second-order valence-corrected chi connectivity index (χ2v) is 5.50. The number of anilines is 3. The summed E-state index contributed by atoms with van der Waals surface area (Å²) in [6, 6.07) is 18.5. The van der Waals surface area contributed by atoms with Crippen molar-refractivity contribution >= 4 is 23.3 Å². The monoisotopic (exact) mass is 334 g/mol. The van der Waals surface area contributed by atoms with Crippen molar-refractivity contribution in [1.82, 2.24) is 9.97 Å². The van der Waals surface area contributed by atoms with Crippen molar-refractivity contribution in [3.63, 3.8) is 0 Å². The number of rotatable bonds is 6. The molecular formula is C19H18N4O2. The van der Waals surface area contributed by atoms with Crippen molar-refractivity contribution in [3.8, 4) is 0 Å². The van der Waals surface area contributed by atoms with Gasteiger partial charge in [-0.15, -0.1) is 0 Å². The van der Waals surface area contributed by atoms with E-state index in [0.29, 0.717) is 29.7 Å². The molecule has 3 aromatic rings. The molecule has 0 bridgehead atoms. The maximum Gasteiger partial charge on any atom is 0.337 e. The highest BCUT2D eigenvalue weighted by molar-refractivity contribution is 5.95. The summed E-state index contributed by atoms with van der Waals surface area (Å²) in [5, 5.41) is 15.6. The number of aromatic carboxylic acids is 1. The Balaban J connectivity index is 1.79. The molecule has 0 atom stereocenters. The lowest BCUT2D eigenvalue weighted by atomic mass is 10.2. The average Bonchev–Trinajstić information content (AvgIpc) is 2.61. The van der Waals surface area contributed by atoms with Gasteiger partial charge in [-0.1, -0.05) is 42.5 Å². The zero-order chi connectivity index (χ0) is 17.6. The molecule has 25 heavy (non-hydrogen) atoms. The Hall–Kier alpha value is -3.41. The summed E-state index contributed by atoms with van der Waals surface area (Å²) in [7, 11) is 0. The molecule has 1 heterocycles. The van der Waals surface area contributed by atoms with Crippen molar-refractivity contribution in [2.45, 2.75) is 13.5 Å². The van der Waals surface area contributed by atoms with Gasteiger partial charge in [0, 0.05) is 12.6 Å². The van der Waals surface area contributed by atoms with Gasteiger partial charge in [-0.25, -0.2) is 14.8 Å². The maximum atomic E-state index is 11.3. The van der Waals surface area contributed by atoms with E-state index in [1.54, 1.807) is 37.3 Å². The lowest BCUT2D eigenvalue weighted by Crippen LogP contribution is -2.07. The van der Waals surface area contributed by atoms with E-state index in [0.717, 1.165) is 5.56 Å². The fourth-order valence-electron chi connectivity index (χ4n) is 2.43. The molecule has 1 aromatic heterocycles. The third-order valence-electron chi connectivity index (χ3n) is 3.57. The quantitative estimate of drug-likeness (QED) is 0.635. The third-order valence-corrected chi connectivity index (χ3v) is 3.57. The summed E-state index contributed by atoms with van der Waals surface area (Å²) in [5.74, 6) is 0.813. The predicted octanol–water partition coefficient (Wildman–Crippen LogP) is 3.84. The molecule has 0 radical (unpaired) electrons. The Labute approximate surface area is 145 Å². The van der Waals surface area contributed by atoms with Crippen molar-refractivity contribution in [1.29, 1.82) is 0 Å². The van der Waals surface area contributed by atoms with E-state index in [1.165, 1.54) is 0 Å². The van der Waals surface area contributed by atoms with E-state index in [1.807, 2.05) is 30.3 Å². The van der Waals surface area contributed by atoms with Gasteiger partial charge in [0.2, 0.25) is 0 Å². The first-order valence-corrected chi connectivity index (χ1v) is 7.84. The average molecular weight is 334 g/mol. The van der Waals surface area contributed by atoms with Crippen LogP contribution in [0.1, 0.15) is 21.7 Å². The molecule has 126 valence electrons. The topological polar surface area (TPSA) is 87.1 Å². The van der Waals surface area contributed by atoms with Crippen LogP contribution >= 0.6 is 0 Å². The fourth-order valence-corrected chi connectivity index (χ4v) is 2.43. The van der Waals surface area contributed by atoms with Crippen LogP contribution in [0.3, 0.4) is 0 Å². The Kier molecular flexibility index (Phi) is 4.89. The van der Waals surface area contributed by atoms with Crippen LogP contribution < -0.4 is 10.6 Å². The molecule has 3 N–H and O–H groups in total. The van der Waals surface area contributed by atoms with Gasteiger partial charge in [0.1, 0.15) is 17.5 Å². The normalized spacial score (nSPS) is 10.3. The van der Waals surface area contributed by atoms with Crippen LogP contribution in [0.2, 0.25) is 0 Å². The zero-order valence-corrected chi connectivity index (χ0v) is 13.7. The number of hydrogen-bond acceptors (Lipinski definition) is 5. The third kappa shape index (κ3) is 4.32. The molecule has 2 aromatic carbocycles. The lowest BCUT2D eigenvalue weighted by molar-refractivity contribution is 0.0698. The number of nitrogens with zero attached hydrogens (tertiary/aromatic N) is 2. The van der Waals surface area contributed by atoms with Gasteiger partial charge in [0.15, 0.2) is 0 Å². The van der Waals surface area contributed by atoms with Crippen LogP contribution in [0, 0.1) is 6.92 Å². The Morgan fingerprint density at radius 1 is 1.00 bits per heavy atom. The van der Waals surface area contributed by atoms with E-state index in [2.05, 4.69) is 20.6 Å². The van der Waals surface area contributed by atoms with E-state index in [4.69, 9.17) is 0 Å². The molecule has 0 saturated heterocycles. The summed E-state index contributed by atoms with van der Waals surface area (Å²) in [6.45, 7) is 2.43. The highest BCUT2D eigenvalue weighted by Gasteiger charge is 2.10. The van der Waals surface area contributed by atoms with Crippen LogP contribution in [0.25, 0.3) is 0 Å². The number of para-hydroxylation sites is 1. The van der Waals surface area contributed by atoms with E-state index in [9.17, 15) is 9.90 Å². The largest absolute Gasteiger partial charge is 0.478 e. The minimum atomic E-state index is -0.990. The molecule has 6 nitrogen and oxygen atoms in total. The Morgan fingerprint density at radius 2 is 1.68 bits per heavy atom. The van der Waals surface area contributed by atoms with E-state index >= 15 is 0 Å². The van der Waals surface area contributed by atoms with Crippen LogP contribution in [-0.4, -0.2) is 21.0 Å². The second kappa shape index (κ2) is 7.44. The number of carboxylic acid groups (broad SMARTS) is 1. The number of hydrogen-bond donors (Lipinski definition) is 3. The molecule has 0 aliphatic carbocycles. The summed E-state index contributed by atoms with van der Waals surface area (Å²) < 4.78 is 0. The minimum absolute atomic E-state index is 0.192. The van der Waals surface area contributed by atoms with Gasteiger partial charge in [0.05, 0.1) is 11.3 Å². The molecule has 0 unspecified atom stereocenters. The number of aryl methyl sites for hydroxylation is 1. The van der Waals surface area contributed by atoms with Crippen molar-refractivity contribution < 1.29 is 9.90 Å². The van der Waals surface area contributed by atoms with Gasteiger partial charge < -0.3 is 15.7 Å². The van der Waals surface area contributed by atoms with Gasteiger partial charge in [-0.3, -0.25) is 0 Å². The first-order valence-electron chi connectivity index (χ1n) is 7.84. The number of nitrogens with one attached hydrogen (secondary N) is 2. The molecule has 0 spiro atoms. The van der Waals surface area contributed by atoms with Crippen molar-refractivity contribution in [2.24, 2.45) is 0 Å². The van der Waals surface area contributed by atoms with Crippen LogP contribution in [0.15, 0.2) is 60.7 Å². The van der Waals surface area contributed by atoms with Gasteiger partial charge >= 0.3 is 5.97 Å². The lowest BCUT2D eigenvalue weighted by Gasteiger charge is -2.12. The number of benzene rings is 2. The zero-order valence-electron chi connectivity index (χ0n) is 13.7. The standard InChI is InChI=1S/C19H18N4O2/c1-13-21-17(20-12-14-7-3-2-4-8-14)11-18(22-13)23-16-10-6-5-9-15(16)19(24)25/h2-11H,12H2,1H3,(H,24,25)(H2,20,21,22,23). The fraction of sp³-hybridized carbons (Fsp3) is 0.105. The number of aromatic nitrogens is 2. The predicted molar refractivity (Wildman–Crippen MR) is 97.2 cm³/mol. The van der Waals surface area contributed by atoms with Gasteiger partial charge in [0.25, 0.3) is 0 Å². The maximum absolute atomic E-state index is 11.3. The number of carbonyl (C=O) groups is 1. The highest BCUT2D eigenvalue weighted by Crippen LogP contribution is 2.21. The summed E-state index contributed by atoms with van der Waals surface area (Å²) >= 11 is 0. The summed E-state index contributed by atoms with van der Waals surface area (Å²) in [6.07, 6.45) is 0. The summed E-state index contributed by atoms with van der Waals surface area (Å²) in [4.78, 5) is 20.0. The summed E-state index contributed by atoms with van der Waals surface area (Å²) in [5.41, 5.74) is 1.82. The van der Waals surface area contributed by atoms with Crippen LogP contribution in [-0.2, 0) is 6.54 Å². The Morgan fingerprint density at radius 3 is 2.44 bits per heavy atom. The number of carboxylic acids is 1. The molecule has 3 rings (SSSR count). The second-order valence-electron chi connectivity index (χ2n) is 5.50. The first-order chi connectivity index (χ1) is 12.1. The molecule has 0 aliphatic rings.